The molecule has 2 N–H and O–H groups in total. The molecule has 39 heavy (non-hydrogen) atoms. The molecule has 3 amide bonds. The van der Waals surface area contributed by atoms with Crippen LogP contribution in [0.5, 0.6) is 5.75 Å². The van der Waals surface area contributed by atoms with Crippen molar-refractivity contribution in [3.05, 3.63) is 53.6 Å². The predicted molar refractivity (Wildman–Crippen MR) is 152 cm³/mol. The molecule has 2 saturated heterocycles. The highest BCUT2D eigenvalue weighted by molar-refractivity contribution is 6.07. The fraction of sp³-hybridized carbons (Fsp3) is 0.500. The second-order valence-corrected chi connectivity index (χ2v) is 10.6. The number of carbonyl (C=O) groups is 3. The van der Waals surface area contributed by atoms with E-state index in [1.165, 1.54) is 0 Å². The van der Waals surface area contributed by atoms with E-state index in [1.807, 2.05) is 21.9 Å². The molecule has 2 heterocycles. The largest absolute Gasteiger partial charge is 0.497 e. The number of methoxy groups -OCH3 is 1. The lowest BCUT2D eigenvalue weighted by Gasteiger charge is -2.31. The third-order valence-corrected chi connectivity index (χ3v) is 8.05. The molecule has 3 aliphatic rings. The molecule has 0 aromatic heterocycles. The Labute approximate surface area is 230 Å². The molecule has 5 rings (SSSR count). The first-order valence-electron chi connectivity index (χ1n) is 14.2. The number of nitrogens with zero attached hydrogens (tertiary/aromatic N) is 3. The van der Waals surface area contributed by atoms with Gasteiger partial charge >= 0.3 is 0 Å². The van der Waals surface area contributed by atoms with E-state index in [0.29, 0.717) is 48.7 Å². The molecule has 2 aromatic rings. The van der Waals surface area contributed by atoms with Gasteiger partial charge in [-0.2, -0.15) is 0 Å². The summed E-state index contributed by atoms with van der Waals surface area (Å²) in [6.45, 7) is 5.87. The van der Waals surface area contributed by atoms with Gasteiger partial charge in [0.15, 0.2) is 0 Å². The van der Waals surface area contributed by atoms with Crippen LogP contribution in [0, 0.1) is 5.92 Å². The van der Waals surface area contributed by atoms with E-state index in [-0.39, 0.29) is 23.6 Å². The van der Waals surface area contributed by atoms with Crippen molar-refractivity contribution in [1.82, 2.24) is 15.1 Å². The zero-order valence-electron chi connectivity index (χ0n) is 22.8. The molecule has 0 atom stereocenters. The van der Waals surface area contributed by atoms with Gasteiger partial charge in [-0.15, -0.1) is 0 Å². The van der Waals surface area contributed by atoms with Crippen molar-refractivity contribution in [2.45, 2.75) is 32.1 Å². The average Bonchev–Trinajstić information content (AvgIpc) is 3.35. The highest BCUT2D eigenvalue weighted by Gasteiger charge is 2.31. The molecule has 9 heteroatoms. The van der Waals surface area contributed by atoms with Crippen molar-refractivity contribution in [1.29, 1.82) is 0 Å². The average molecular weight is 534 g/mol. The molecule has 2 aromatic carbocycles. The zero-order chi connectivity index (χ0) is 27.2. The first-order chi connectivity index (χ1) is 19.0. The SMILES string of the molecule is COc1cccc(C(=O)Nc2cc(C(=O)N3CCCNCC3)ccc2N2CCCN(C(=O)C3CCC3)CC2)c1. The van der Waals surface area contributed by atoms with Gasteiger partial charge in [0, 0.05) is 62.9 Å². The lowest BCUT2D eigenvalue weighted by Crippen LogP contribution is -2.41. The van der Waals surface area contributed by atoms with Gasteiger partial charge in [-0.05, 0) is 68.6 Å². The number of hydrogen-bond donors (Lipinski definition) is 2. The summed E-state index contributed by atoms with van der Waals surface area (Å²) < 4.78 is 5.30. The topological polar surface area (TPSA) is 94.2 Å². The lowest BCUT2D eigenvalue weighted by molar-refractivity contribution is -0.137. The van der Waals surface area contributed by atoms with Crippen LogP contribution in [-0.2, 0) is 4.79 Å². The first-order valence-corrected chi connectivity index (χ1v) is 14.2. The Morgan fingerprint density at radius 1 is 0.846 bits per heavy atom. The van der Waals surface area contributed by atoms with Gasteiger partial charge in [-0.1, -0.05) is 12.5 Å². The van der Waals surface area contributed by atoms with Crippen LogP contribution in [-0.4, -0.2) is 87.0 Å². The first kappa shape index (κ1) is 27.0. The van der Waals surface area contributed by atoms with Crippen molar-refractivity contribution >= 4 is 29.1 Å². The Morgan fingerprint density at radius 3 is 2.49 bits per heavy atom. The maximum Gasteiger partial charge on any atom is 0.255 e. The van der Waals surface area contributed by atoms with Gasteiger partial charge in [0.1, 0.15) is 5.75 Å². The van der Waals surface area contributed by atoms with E-state index >= 15 is 0 Å². The summed E-state index contributed by atoms with van der Waals surface area (Å²) in [6, 6.07) is 12.6. The van der Waals surface area contributed by atoms with Crippen molar-refractivity contribution in [3.8, 4) is 5.75 Å². The summed E-state index contributed by atoms with van der Waals surface area (Å²) in [5.41, 5.74) is 2.49. The second kappa shape index (κ2) is 12.5. The lowest BCUT2D eigenvalue weighted by atomic mass is 9.84. The van der Waals surface area contributed by atoms with E-state index in [1.54, 1.807) is 37.4 Å². The molecule has 3 fully saturated rings. The standard InChI is InChI=1S/C30H39N5O4/c1-39-25-9-3-8-23(20-25)28(36)32-26-21-24(30(38)34-14-4-12-31-13-17-34)10-11-27(26)33-15-5-16-35(19-18-33)29(37)22-6-2-7-22/h3,8-11,20-22,31H,2,4-7,12-19H2,1H3,(H,32,36). The van der Waals surface area contributed by atoms with Crippen LogP contribution in [0.4, 0.5) is 11.4 Å². The highest BCUT2D eigenvalue weighted by atomic mass is 16.5. The predicted octanol–water partition coefficient (Wildman–Crippen LogP) is 3.22. The van der Waals surface area contributed by atoms with Crippen LogP contribution < -0.4 is 20.3 Å². The normalized spacial score (nSPS) is 18.5. The molecule has 208 valence electrons. The molecular weight excluding hydrogens is 494 g/mol. The number of rotatable bonds is 6. The minimum Gasteiger partial charge on any atom is -0.497 e. The Kier molecular flexibility index (Phi) is 8.66. The van der Waals surface area contributed by atoms with Crippen LogP contribution in [0.1, 0.15) is 52.8 Å². The number of anilines is 2. The van der Waals surface area contributed by atoms with E-state index in [0.717, 1.165) is 64.0 Å². The molecular formula is C30H39N5O4. The van der Waals surface area contributed by atoms with Crippen LogP contribution >= 0.6 is 0 Å². The Bertz CT molecular complexity index is 1190. The number of benzene rings is 2. The highest BCUT2D eigenvalue weighted by Crippen LogP contribution is 2.32. The minimum atomic E-state index is -0.268. The van der Waals surface area contributed by atoms with Crippen LogP contribution in [0.15, 0.2) is 42.5 Å². The maximum atomic E-state index is 13.4. The van der Waals surface area contributed by atoms with E-state index < -0.39 is 0 Å². The second-order valence-electron chi connectivity index (χ2n) is 10.6. The third kappa shape index (κ3) is 6.36. The molecule has 9 nitrogen and oxygen atoms in total. The Balaban J connectivity index is 1.39. The summed E-state index contributed by atoms with van der Waals surface area (Å²) >= 11 is 0. The number of carbonyl (C=O) groups excluding carboxylic acids is 3. The fourth-order valence-electron chi connectivity index (χ4n) is 5.53. The smallest absolute Gasteiger partial charge is 0.255 e. The van der Waals surface area contributed by atoms with E-state index in [9.17, 15) is 14.4 Å². The van der Waals surface area contributed by atoms with Crippen LogP contribution in [0.25, 0.3) is 0 Å². The van der Waals surface area contributed by atoms with Gasteiger partial charge in [0.05, 0.1) is 18.5 Å². The van der Waals surface area contributed by atoms with Crippen molar-refractivity contribution in [2.75, 3.05) is 69.7 Å². The van der Waals surface area contributed by atoms with Crippen molar-refractivity contribution in [2.24, 2.45) is 5.92 Å². The molecule has 1 saturated carbocycles. The molecule has 0 bridgehead atoms. The van der Waals surface area contributed by atoms with Gasteiger partial charge in [-0.25, -0.2) is 0 Å². The zero-order valence-corrected chi connectivity index (χ0v) is 22.8. The monoisotopic (exact) mass is 533 g/mol. The number of ether oxygens (including phenoxy) is 1. The quantitative estimate of drug-likeness (QED) is 0.592. The van der Waals surface area contributed by atoms with Crippen molar-refractivity contribution < 1.29 is 19.1 Å². The molecule has 1 aliphatic carbocycles. The molecule has 0 radical (unpaired) electrons. The number of hydrogen-bond acceptors (Lipinski definition) is 6. The summed E-state index contributed by atoms with van der Waals surface area (Å²) in [4.78, 5) is 45.7. The van der Waals surface area contributed by atoms with E-state index in [4.69, 9.17) is 4.74 Å². The minimum absolute atomic E-state index is 0.0322. The summed E-state index contributed by atoms with van der Waals surface area (Å²) in [5, 5.41) is 6.41. The molecule has 2 aliphatic heterocycles. The van der Waals surface area contributed by atoms with E-state index in [2.05, 4.69) is 15.5 Å². The summed E-state index contributed by atoms with van der Waals surface area (Å²) in [6.07, 6.45) is 4.91. The summed E-state index contributed by atoms with van der Waals surface area (Å²) in [7, 11) is 1.57. The molecule has 0 unspecified atom stereocenters. The Morgan fingerprint density at radius 2 is 1.69 bits per heavy atom. The van der Waals surface area contributed by atoms with Crippen LogP contribution in [0.3, 0.4) is 0 Å². The van der Waals surface area contributed by atoms with Gasteiger partial charge in [-0.3, -0.25) is 14.4 Å². The maximum absolute atomic E-state index is 13.4. The third-order valence-electron chi connectivity index (χ3n) is 8.05. The van der Waals surface area contributed by atoms with Gasteiger partial charge in [0.25, 0.3) is 11.8 Å². The fourth-order valence-corrected chi connectivity index (χ4v) is 5.53. The van der Waals surface area contributed by atoms with Crippen molar-refractivity contribution in [3.63, 3.8) is 0 Å². The summed E-state index contributed by atoms with van der Waals surface area (Å²) in [5.74, 6) is 0.771. The Hall–Kier alpha value is -3.59. The number of amides is 3. The molecule has 0 spiro atoms. The number of nitrogens with one attached hydrogen (secondary N) is 2. The van der Waals surface area contributed by atoms with Gasteiger partial charge in [0.2, 0.25) is 5.91 Å². The van der Waals surface area contributed by atoms with Gasteiger partial charge < -0.3 is 30.1 Å². The van der Waals surface area contributed by atoms with Crippen LogP contribution in [0.2, 0.25) is 0 Å².